The first-order valence-corrected chi connectivity index (χ1v) is 6.28. The Labute approximate surface area is 112 Å². The van der Waals surface area contributed by atoms with Gasteiger partial charge in [0.1, 0.15) is 6.33 Å². The lowest BCUT2D eigenvalue weighted by Gasteiger charge is -2.07. The topological polar surface area (TPSA) is 29.9 Å². The molecule has 94 valence electrons. The predicted molar refractivity (Wildman–Crippen MR) is 77.2 cm³/mol. The Kier molecular flexibility index (Phi) is 3.28. The molecule has 0 unspecified atom stereocenters. The highest BCUT2D eigenvalue weighted by Crippen LogP contribution is 2.19. The maximum Gasteiger partial charge on any atom is 0.114 e. The van der Waals surface area contributed by atoms with Crippen molar-refractivity contribution in [3.8, 4) is 11.1 Å². The minimum atomic E-state index is 0.783. The van der Waals surface area contributed by atoms with Crippen molar-refractivity contribution in [1.82, 2.24) is 9.66 Å². The number of rotatable bonds is 4. The SMILES string of the molecule is c1ccc(-c2ccc(CNn3ccnc3)cc2)cc1. The van der Waals surface area contributed by atoms with E-state index in [0.717, 1.165) is 6.54 Å². The average molecular weight is 249 g/mol. The van der Waals surface area contributed by atoms with Crippen molar-refractivity contribution in [3.05, 3.63) is 78.9 Å². The second kappa shape index (κ2) is 5.40. The molecule has 0 radical (unpaired) electrons. The summed E-state index contributed by atoms with van der Waals surface area (Å²) in [6, 6.07) is 19.0. The Morgan fingerprint density at radius 2 is 1.63 bits per heavy atom. The number of imidazole rings is 1. The molecule has 1 aromatic heterocycles. The molecule has 2 aromatic carbocycles. The van der Waals surface area contributed by atoms with E-state index in [-0.39, 0.29) is 0 Å². The molecule has 0 aliphatic heterocycles. The van der Waals surface area contributed by atoms with Crippen LogP contribution in [0, 0.1) is 0 Å². The fourth-order valence-electron chi connectivity index (χ4n) is 1.98. The lowest BCUT2D eigenvalue weighted by atomic mass is 10.0. The number of nitrogens with zero attached hydrogens (tertiary/aromatic N) is 2. The zero-order valence-electron chi connectivity index (χ0n) is 10.5. The Morgan fingerprint density at radius 3 is 2.32 bits per heavy atom. The average Bonchev–Trinajstić information content (AvgIpc) is 3.00. The molecule has 1 N–H and O–H groups in total. The van der Waals surface area contributed by atoms with Crippen LogP contribution >= 0.6 is 0 Å². The first-order valence-electron chi connectivity index (χ1n) is 6.28. The molecule has 0 aliphatic rings. The predicted octanol–water partition coefficient (Wildman–Crippen LogP) is 3.29. The van der Waals surface area contributed by atoms with Crippen LogP contribution in [0.3, 0.4) is 0 Å². The fourth-order valence-corrected chi connectivity index (χ4v) is 1.98. The van der Waals surface area contributed by atoms with Crippen molar-refractivity contribution in [2.24, 2.45) is 0 Å². The van der Waals surface area contributed by atoms with Gasteiger partial charge in [-0.15, -0.1) is 0 Å². The molecule has 0 spiro atoms. The van der Waals surface area contributed by atoms with Gasteiger partial charge in [0, 0.05) is 12.4 Å². The van der Waals surface area contributed by atoms with Gasteiger partial charge in [-0.05, 0) is 16.7 Å². The summed E-state index contributed by atoms with van der Waals surface area (Å²) in [5.74, 6) is 0. The quantitative estimate of drug-likeness (QED) is 0.769. The van der Waals surface area contributed by atoms with Crippen LogP contribution in [0.2, 0.25) is 0 Å². The monoisotopic (exact) mass is 249 g/mol. The molecule has 0 bridgehead atoms. The van der Waals surface area contributed by atoms with Crippen molar-refractivity contribution in [1.29, 1.82) is 0 Å². The summed E-state index contributed by atoms with van der Waals surface area (Å²) in [6.45, 7) is 0.783. The van der Waals surface area contributed by atoms with Gasteiger partial charge in [0.25, 0.3) is 0 Å². The van der Waals surface area contributed by atoms with Gasteiger partial charge in [-0.25, -0.2) is 4.98 Å². The molecule has 0 saturated carbocycles. The smallest absolute Gasteiger partial charge is 0.114 e. The summed E-state index contributed by atoms with van der Waals surface area (Å²) in [5.41, 5.74) is 6.99. The van der Waals surface area contributed by atoms with E-state index in [4.69, 9.17) is 0 Å². The highest BCUT2D eigenvalue weighted by molar-refractivity contribution is 5.63. The van der Waals surface area contributed by atoms with Gasteiger partial charge >= 0.3 is 0 Å². The largest absolute Gasteiger partial charge is 0.321 e. The lowest BCUT2D eigenvalue weighted by molar-refractivity contribution is 0.839. The van der Waals surface area contributed by atoms with Crippen LogP contribution in [0.25, 0.3) is 11.1 Å². The number of aromatic nitrogens is 2. The molecule has 0 amide bonds. The lowest BCUT2D eigenvalue weighted by Crippen LogP contribution is -2.11. The molecule has 3 rings (SSSR count). The van der Waals surface area contributed by atoms with E-state index in [9.17, 15) is 0 Å². The highest BCUT2D eigenvalue weighted by atomic mass is 15.4. The van der Waals surface area contributed by atoms with E-state index < -0.39 is 0 Å². The van der Waals surface area contributed by atoms with Gasteiger partial charge in [0.15, 0.2) is 0 Å². The molecule has 0 aliphatic carbocycles. The molecular weight excluding hydrogens is 234 g/mol. The Bertz CT molecular complexity index is 613. The number of hydrogen-bond donors (Lipinski definition) is 1. The van der Waals surface area contributed by atoms with Gasteiger partial charge in [0.05, 0.1) is 6.54 Å². The zero-order valence-corrected chi connectivity index (χ0v) is 10.5. The zero-order chi connectivity index (χ0) is 12.9. The van der Waals surface area contributed by atoms with Crippen LogP contribution in [0.1, 0.15) is 5.56 Å². The molecular formula is C16H15N3. The summed E-state index contributed by atoms with van der Waals surface area (Å²) in [7, 11) is 0. The highest BCUT2D eigenvalue weighted by Gasteiger charge is 1.97. The van der Waals surface area contributed by atoms with E-state index in [1.807, 2.05) is 16.9 Å². The Hall–Kier alpha value is -2.55. The molecule has 3 heteroatoms. The third-order valence-electron chi connectivity index (χ3n) is 3.03. The van der Waals surface area contributed by atoms with Crippen molar-refractivity contribution < 1.29 is 0 Å². The molecule has 0 saturated heterocycles. The maximum absolute atomic E-state index is 3.99. The van der Waals surface area contributed by atoms with E-state index >= 15 is 0 Å². The van der Waals surface area contributed by atoms with Crippen LogP contribution < -0.4 is 5.43 Å². The van der Waals surface area contributed by atoms with Gasteiger partial charge in [-0.1, -0.05) is 54.6 Å². The van der Waals surface area contributed by atoms with E-state index in [1.165, 1.54) is 16.7 Å². The van der Waals surface area contributed by atoms with Crippen LogP contribution in [0.4, 0.5) is 0 Å². The summed E-state index contributed by atoms with van der Waals surface area (Å²) in [4.78, 5) is 3.99. The van der Waals surface area contributed by atoms with Crippen LogP contribution in [0.5, 0.6) is 0 Å². The molecule has 0 atom stereocenters. The Morgan fingerprint density at radius 1 is 0.895 bits per heavy atom. The minimum absolute atomic E-state index is 0.783. The molecule has 1 heterocycles. The van der Waals surface area contributed by atoms with E-state index in [1.54, 1.807) is 12.5 Å². The molecule has 0 fully saturated rings. The number of benzene rings is 2. The van der Waals surface area contributed by atoms with Crippen LogP contribution in [-0.4, -0.2) is 9.66 Å². The second-order valence-electron chi connectivity index (χ2n) is 4.37. The second-order valence-corrected chi connectivity index (χ2v) is 4.37. The van der Waals surface area contributed by atoms with Gasteiger partial charge in [0.2, 0.25) is 0 Å². The standard InChI is InChI=1S/C16H15N3/c1-2-4-15(5-3-1)16-8-6-14(7-9-16)12-18-19-11-10-17-13-19/h1-11,13,18H,12H2. The van der Waals surface area contributed by atoms with Crippen molar-refractivity contribution in [2.45, 2.75) is 6.54 Å². The minimum Gasteiger partial charge on any atom is -0.321 e. The fraction of sp³-hybridized carbons (Fsp3) is 0.0625. The van der Waals surface area contributed by atoms with E-state index in [2.05, 4.69) is 58.9 Å². The third-order valence-corrected chi connectivity index (χ3v) is 3.03. The molecule has 3 aromatic rings. The maximum atomic E-state index is 3.99. The van der Waals surface area contributed by atoms with E-state index in [0.29, 0.717) is 0 Å². The summed E-state index contributed by atoms with van der Waals surface area (Å²) < 4.78 is 1.85. The first-order chi connectivity index (χ1) is 9.42. The number of nitrogens with one attached hydrogen (secondary N) is 1. The summed E-state index contributed by atoms with van der Waals surface area (Å²) in [6.07, 6.45) is 5.39. The summed E-state index contributed by atoms with van der Waals surface area (Å²) >= 11 is 0. The summed E-state index contributed by atoms with van der Waals surface area (Å²) in [5, 5.41) is 0. The van der Waals surface area contributed by atoms with Gasteiger partial charge in [-0.2, -0.15) is 0 Å². The third kappa shape index (κ3) is 2.83. The van der Waals surface area contributed by atoms with Gasteiger partial charge < -0.3 is 5.43 Å². The van der Waals surface area contributed by atoms with Crippen molar-refractivity contribution >= 4 is 0 Å². The van der Waals surface area contributed by atoms with Crippen LogP contribution in [0.15, 0.2) is 73.3 Å². The first kappa shape index (κ1) is 11.5. The van der Waals surface area contributed by atoms with Crippen molar-refractivity contribution in [3.63, 3.8) is 0 Å². The molecule has 3 nitrogen and oxygen atoms in total. The van der Waals surface area contributed by atoms with Crippen molar-refractivity contribution in [2.75, 3.05) is 5.43 Å². The van der Waals surface area contributed by atoms with Gasteiger partial charge in [-0.3, -0.25) is 4.68 Å². The van der Waals surface area contributed by atoms with Crippen LogP contribution in [-0.2, 0) is 6.54 Å². The molecule has 19 heavy (non-hydrogen) atoms. The number of hydrogen-bond acceptors (Lipinski definition) is 2. The normalized spacial score (nSPS) is 10.3. The Balaban J connectivity index is 1.69.